The molecule has 0 spiro atoms. The highest BCUT2D eigenvalue weighted by Crippen LogP contribution is 2.28. The van der Waals surface area contributed by atoms with Crippen LogP contribution in [0.1, 0.15) is 26.7 Å². The van der Waals surface area contributed by atoms with Crippen molar-refractivity contribution in [1.82, 2.24) is 24.8 Å². The topological polar surface area (TPSA) is 90.0 Å². The number of H-pyrrole nitrogens is 1. The molecule has 154 valence electrons. The number of hydrogen-bond acceptors (Lipinski definition) is 6. The Balaban J connectivity index is 1.56. The summed E-state index contributed by atoms with van der Waals surface area (Å²) >= 11 is 6.07. The summed E-state index contributed by atoms with van der Waals surface area (Å²) in [5.41, 5.74) is 0.617. The van der Waals surface area contributed by atoms with Gasteiger partial charge in [-0.2, -0.15) is 0 Å². The number of aliphatic hydroxyl groups is 1. The highest BCUT2D eigenvalue weighted by Gasteiger charge is 2.25. The van der Waals surface area contributed by atoms with Crippen molar-refractivity contribution in [2.75, 3.05) is 25.0 Å². The van der Waals surface area contributed by atoms with Crippen molar-refractivity contribution >= 4 is 28.5 Å². The summed E-state index contributed by atoms with van der Waals surface area (Å²) in [5, 5.41) is 14.6. The van der Waals surface area contributed by atoms with Gasteiger partial charge in [-0.05, 0) is 39.3 Å². The number of nitrogens with one attached hydrogen (secondary N) is 2. The molecule has 0 amide bonds. The molecule has 9 heteroatoms. The summed E-state index contributed by atoms with van der Waals surface area (Å²) in [5.74, 6) is 0.0761. The molecular formula is C20H24ClFN6O. The molecule has 1 fully saturated rings. The fourth-order valence-electron chi connectivity index (χ4n) is 3.82. The van der Waals surface area contributed by atoms with Gasteiger partial charge in [-0.15, -0.1) is 0 Å². The number of halogens is 2. The summed E-state index contributed by atoms with van der Waals surface area (Å²) in [7, 11) is 0. The second-order valence-electron chi connectivity index (χ2n) is 8.17. The van der Waals surface area contributed by atoms with Crippen molar-refractivity contribution in [3.63, 3.8) is 0 Å². The molecule has 1 aliphatic rings. The fourth-order valence-corrected chi connectivity index (χ4v) is 3.98. The second-order valence-corrected chi connectivity index (χ2v) is 8.61. The largest absolute Gasteiger partial charge is 0.389 e. The van der Waals surface area contributed by atoms with Crippen LogP contribution in [0.15, 0.2) is 24.7 Å². The molecule has 0 radical (unpaired) electrons. The van der Waals surface area contributed by atoms with Crippen LogP contribution in [0.5, 0.6) is 0 Å². The third-order valence-electron chi connectivity index (χ3n) is 4.94. The second kappa shape index (κ2) is 7.85. The zero-order valence-corrected chi connectivity index (χ0v) is 17.2. The number of piperidine rings is 1. The van der Waals surface area contributed by atoms with Gasteiger partial charge in [0.05, 0.1) is 16.8 Å². The molecule has 4 rings (SSSR count). The first-order valence-corrected chi connectivity index (χ1v) is 10.0. The summed E-state index contributed by atoms with van der Waals surface area (Å²) in [6.07, 6.45) is 6.37. The predicted octanol–water partition coefficient (Wildman–Crippen LogP) is 3.46. The van der Waals surface area contributed by atoms with Crippen LogP contribution in [0, 0.1) is 5.82 Å². The molecule has 3 aromatic heterocycles. The summed E-state index contributed by atoms with van der Waals surface area (Å²) < 4.78 is 14.4. The molecule has 29 heavy (non-hydrogen) atoms. The Kier molecular flexibility index (Phi) is 5.42. The van der Waals surface area contributed by atoms with Crippen molar-refractivity contribution in [2.45, 2.75) is 38.3 Å². The maximum Gasteiger partial charge on any atom is 0.183 e. The van der Waals surface area contributed by atoms with Crippen LogP contribution >= 0.6 is 11.6 Å². The van der Waals surface area contributed by atoms with E-state index in [1.807, 2.05) is 0 Å². The lowest BCUT2D eigenvalue weighted by Crippen LogP contribution is -2.47. The van der Waals surface area contributed by atoms with Gasteiger partial charge in [-0.25, -0.2) is 19.3 Å². The normalized spacial score (nSPS) is 18.3. The Bertz CT molecular complexity index is 1020. The zero-order valence-electron chi connectivity index (χ0n) is 16.4. The van der Waals surface area contributed by atoms with E-state index in [-0.39, 0.29) is 11.9 Å². The zero-order chi connectivity index (χ0) is 20.6. The van der Waals surface area contributed by atoms with Crippen molar-refractivity contribution < 1.29 is 9.50 Å². The molecule has 0 aliphatic carbocycles. The molecule has 1 saturated heterocycles. The first-order chi connectivity index (χ1) is 13.8. The van der Waals surface area contributed by atoms with Gasteiger partial charge in [-0.3, -0.25) is 4.90 Å². The van der Waals surface area contributed by atoms with Crippen molar-refractivity contribution in [3.05, 3.63) is 35.5 Å². The van der Waals surface area contributed by atoms with E-state index >= 15 is 0 Å². The molecule has 0 saturated carbocycles. The Morgan fingerprint density at radius 3 is 3.00 bits per heavy atom. The van der Waals surface area contributed by atoms with E-state index in [0.717, 1.165) is 31.3 Å². The monoisotopic (exact) mass is 418 g/mol. The van der Waals surface area contributed by atoms with Gasteiger partial charge in [0.15, 0.2) is 17.5 Å². The van der Waals surface area contributed by atoms with Gasteiger partial charge in [0, 0.05) is 42.5 Å². The van der Waals surface area contributed by atoms with Gasteiger partial charge >= 0.3 is 0 Å². The lowest BCUT2D eigenvalue weighted by Gasteiger charge is -2.36. The highest BCUT2D eigenvalue weighted by molar-refractivity contribution is 6.31. The minimum absolute atomic E-state index is 0.0439. The van der Waals surface area contributed by atoms with Gasteiger partial charge < -0.3 is 15.4 Å². The van der Waals surface area contributed by atoms with Crippen LogP contribution in [0.2, 0.25) is 5.02 Å². The maximum absolute atomic E-state index is 14.4. The molecule has 7 nitrogen and oxygen atoms in total. The number of β-amino-alcohol motifs (C(OH)–C–C–N with tert-alkyl or cyclic N) is 1. The molecule has 4 heterocycles. The summed E-state index contributed by atoms with van der Waals surface area (Å²) in [6, 6.07) is 1.83. The number of likely N-dealkylation sites (tertiary alicyclic amines) is 1. The average molecular weight is 419 g/mol. The van der Waals surface area contributed by atoms with Crippen LogP contribution in [0.25, 0.3) is 22.4 Å². The minimum atomic E-state index is -0.764. The van der Waals surface area contributed by atoms with E-state index in [1.54, 1.807) is 32.3 Å². The van der Waals surface area contributed by atoms with Gasteiger partial charge in [0.25, 0.3) is 0 Å². The Morgan fingerprint density at radius 2 is 2.21 bits per heavy atom. The standard InChI is InChI=1S/C20H24ClFN6O/c1-20(2,29)11-28-5-3-4-13(10-28)26-19-16(22)9-25-18(27-19)15-8-24-17-14(15)6-12(21)7-23-17/h6-9,13,29H,3-5,10-11H2,1-2H3,(H,23,24)(H,25,26,27)/t13-/m0/s1. The Hall–Kier alpha value is -2.29. The molecular weight excluding hydrogens is 395 g/mol. The van der Waals surface area contributed by atoms with Crippen LogP contribution in [0.3, 0.4) is 0 Å². The number of hydrogen-bond donors (Lipinski definition) is 3. The van der Waals surface area contributed by atoms with E-state index in [9.17, 15) is 9.50 Å². The number of rotatable bonds is 5. The first-order valence-electron chi connectivity index (χ1n) is 9.65. The minimum Gasteiger partial charge on any atom is -0.389 e. The molecule has 0 aromatic carbocycles. The van der Waals surface area contributed by atoms with Gasteiger partial charge in [0.2, 0.25) is 0 Å². The average Bonchev–Trinajstić information content (AvgIpc) is 3.05. The van der Waals surface area contributed by atoms with Crippen LogP contribution in [-0.2, 0) is 0 Å². The third-order valence-corrected chi connectivity index (χ3v) is 5.15. The SMILES string of the molecule is CC(C)(O)CN1CCC[C@H](Nc2nc(-c3c[nH]c4ncc(Cl)cc34)ncc2F)C1. The van der Waals surface area contributed by atoms with Crippen LogP contribution in [-0.4, -0.2) is 61.2 Å². The summed E-state index contributed by atoms with van der Waals surface area (Å²) in [4.78, 5) is 18.1. The van der Waals surface area contributed by atoms with E-state index in [1.165, 1.54) is 6.20 Å². The van der Waals surface area contributed by atoms with Gasteiger partial charge in [0.1, 0.15) is 5.65 Å². The van der Waals surface area contributed by atoms with E-state index in [0.29, 0.717) is 28.6 Å². The number of pyridine rings is 1. The fraction of sp³-hybridized carbons (Fsp3) is 0.450. The number of aromatic amines is 1. The number of anilines is 1. The third kappa shape index (κ3) is 4.66. The molecule has 0 unspecified atom stereocenters. The van der Waals surface area contributed by atoms with Crippen molar-refractivity contribution in [2.24, 2.45) is 0 Å². The summed E-state index contributed by atoms with van der Waals surface area (Å²) in [6.45, 7) is 5.80. The maximum atomic E-state index is 14.4. The first kappa shape index (κ1) is 20.0. The van der Waals surface area contributed by atoms with Crippen molar-refractivity contribution in [1.29, 1.82) is 0 Å². The Labute approximate surface area is 173 Å². The van der Waals surface area contributed by atoms with E-state index < -0.39 is 11.4 Å². The molecule has 1 aliphatic heterocycles. The highest BCUT2D eigenvalue weighted by atomic mass is 35.5. The molecule has 0 bridgehead atoms. The Morgan fingerprint density at radius 1 is 1.38 bits per heavy atom. The van der Waals surface area contributed by atoms with Gasteiger partial charge in [-0.1, -0.05) is 11.6 Å². The predicted molar refractivity (Wildman–Crippen MR) is 111 cm³/mol. The van der Waals surface area contributed by atoms with E-state index in [4.69, 9.17) is 11.6 Å². The van der Waals surface area contributed by atoms with Crippen molar-refractivity contribution in [3.8, 4) is 11.4 Å². The molecule has 3 aromatic rings. The van der Waals surface area contributed by atoms with E-state index in [2.05, 4.69) is 30.2 Å². The van der Waals surface area contributed by atoms with Crippen LogP contribution < -0.4 is 5.32 Å². The van der Waals surface area contributed by atoms with Crippen LogP contribution in [0.4, 0.5) is 10.2 Å². The number of fused-ring (bicyclic) bond motifs is 1. The number of aromatic nitrogens is 4. The quantitative estimate of drug-likeness (QED) is 0.588. The number of nitrogens with zero attached hydrogens (tertiary/aromatic N) is 4. The smallest absolute Gasteiger partial charge is 0.183 e. The molecule has 1 atom stereocenters. The lowest BCUT2D eigenvalue weighted by molar-refractivity contribution is 0.0286. The lowest BCUT2D eigenvalue weighted by atomic mass is 10.0. The molecule has 3 N–H and O–H groups in total.